The zero-order valence-electron chi connectivity index (χ0n) is 7.09. The van der Waals surface area contributed by atoms with E-state index < -0.39 is 0 Å². The number of hydrogen-bond donors (Lipinski definition) is 2. The molecule has 70 valence electrons. The second-order valence-electron chi connectivity index (χ2n) is 2.62. The average Bonchev–Trinajstić information content (AvgIpc) is 2.08. The minimum Gasteiger partial charge on any atom is -0.393 e. The highest BCUT2D eigenvalue weighted by Gasteiger charge is 1.98. The van der Waals surface area contributed by atoms with Crippen molar-refractivity contribution in [2.45, 2.75) is 6.42 Å². The lowest BCUT2D eigenvalue weighted by Gasteiger charge is -2.05. The van der Waals surface area contributed by atoms with Crippen molar-refractivity contribution in [3.63, 3.8) is 0 Å². The van der Waals surface area contributed by atoms with Crippen molar-refractivity contribution in [3.05, 3.63) is 30.1 Å². The molecule has 1 aromatic carbocycles. The predicted molar refractivity (Wildman–Crippen MR) is 56.3 cm³/mol. The van der Waals surface area contributed by atoms with Crippen molar-refractivity contribution >= 4 is 22.9 Å². The van der Waals surface area contributed by atoms with Crippen LogP contribution in [0.15, 0.2) is 24.3 Å². The summed E-state index contributed by atoms with van der Waals surface area (Å²) >= 11 is 4.69. The standard InChI is InChI=1S/C9H11FN2S/c10-7-3-1-2-4-8(7)12-6-5-9(11)13/h1-4,12H,5-6H2,(H2,11,13). The maximum absolute atomic E-state index is 13.0. The van der Waals surface area contributed by atoms with Crippen molar-refractivity contribution in [1.29, 1.82) is 0 Å². The van der Waals surface area contributed by atoms with Crippen molar-refractivity contribution in [1.82, 2.24) is 0 Å². The number of halogens is 1. The number of rotatable bonds is 4. The van der Waals surface area contributed by atoms with Crippen LogP contribution < -0.4 is 11.1 Å². The Morgan fingerprint density at radius 3 is 2.77 bits per heavy atom. The van der Waals surface area contributed by atoms with Gasteiger partial charge in [0.2, 0.25) is 0 Å². The Kier molecular flexibility index (Phi) is 3.64. The first-order valence-electron chi connectivity index (χ1n) is 3.97. The van der Waals surface area contributed by atoms with Gasteiger partial charge in [0, 0.05) is 13.0 Å². The molecule has 0 amide bonds. The van der Waals surface area contributed by atoms with Crippen molar-refractivity contribution < 1.29 is 4.39 Å². The van der Waals surface area contributed by atoms with E-state index in [4.69, 9.17) is 5.73 Å². The summed E-state index contributed by atoms with van der Waals surface area (Å²) in [6, 6.07) is 6.50. The molecule has 0 aliphatic heterocycles. The van der Waals surface area contributed by atoms with Crippen molar-refractivity contribution in [3.8, 4) is 0 Å². The van der Waals surface area contributed by atoms with Gasteiger partial charge in [0.05, 0.1) is 10.7 Å². The van der Waals surface area contributed by atoms with Gasteiger partial charge in [0.1, 0.15) is 5.82 Å². The highest BCUT2D eigenvalue weighted by Crippen LogP contribution is 2.11. The lowest BCUT2D eigenvalue weighted by molar-refractivity contribution is 0.630. The molecule has 0 atom stereocenters. The summed E-state index contributed by atoms with van der Waals surface area (Å²) < 4.78 is 13.0. The average molecular weight is 198 g/mol. The first-order valence-corrected chi connectivity index (χ1v) is 4.37. The Hall–Kier alpha value is -1.16. The molecule has 0 radical (unpaired) electrons. The van der Waals surface area contributed by atoms with Crippen LogP contribution in [-0.2, 0) is 0 Å². The van der Waals surface area contributed by atoms with Gasteiger partial charge in [-0.25, -0.2) is 4.39 Å². The second-order valence-corrected chi connectivity index (χ2v) is 3.15. The summed E-state index contributed by atoms with van der Waals surface area (Å²) in [6.45, 7) is 0.566. The molecule has 0 saturated carbocycles. The van der Waals surface area contributed by atoms with Gasteiger partial charge in [-0.3, -0.25) is 0 Å². The fraction of sp³-hybridized carbons (Fsp3) is 0.222. The normalized spacial score (nSPS) is 9.62. The number of nitrogens with two attached hydrogens (primary N) is 1. The monoisotopic (exact) mass is 198 g/mol. The first kappa shape index (κ1) is 9.92. The third-order valence-corrected chi connectivity index (χ3v) is 1.76. The quantitative estimate of drug-likeness (QED) is 0.726. The van der Waals surface area contributed by atoms with Gasteiger partial charge in [-0.15, -0.1) is 0 Å². The van der Waals surface area contributed by atoms with Crippen LogP contribution in [0.3, 0.4) is 0 Å². The SMILES string of the molecule is NC(=S)CCNc1ccccc1F. The van der Waals surface area contributed by atoms with Crippen LogP contribution >= 0.6 is 12.2 Å². The molecule has 1 aromatic rings. The minimum absolute atomic E-state index is 0.259. The van der Waals surface area contributed by atoms with Crippen LogP contribution in [0.2, 0.25) is 0 Å². The van der Waals surface area contributed by atoms with E-state index in [0.29, 0.717) is 23.6 Å². The summed E-state index contributed by atoms with van der Waals surface area (Å²) in [7, 11) is 0. The summed E-state index contributed by atoms with van der Waals surface area (Å²) in [5.74, 6) is -0.259. The molecule has 4 heteroatoms. The summed E-state index contributed by atoms with van der Waals surface area (Å²) in [5.41, 5.74) is 5.78. The van der Waals surface area contributed by atoms with E-state index in [1.807, 2.05) is 0 Å². The molecule has 1 rings (SSSR count). The topological polar surface area (TPSA) is 38.0 Å². The number of thiocarbonyl (C=S) groups is 1. The van der Waals surface area contributed by atoms with Gasteiger partial charge in [0.25, 0.3) is 0 Å². The van der Waals surface area contributed by atoms with E-state index in [9.17, 15) is 4.39 Å². The van der Waals surface area contributed by atoms with Gasteiger partial charge in [-0.1, -0.05) is 24.4 Å². The predicted octanol–water partition coefficient (Wildman–Crippen LogP) is 1.91. The first-order chi connectivity index (χ1) is 6.20. The van der Waals surface area contributed by atoms with E-state index >= 15 is 0 Å². The zero-order chi connectivity index (χ0) is 9.68. The molecular formula is C9H11FN2S. The molecule has 0 heterocycles. The fourth-order valence-electron chi connectivity index (χ4n) is 0.925. The van der Waals surface area contributed by atoms with Crippen LogP contribution in [0.25, 0.3) is 0 Å². The van der Waals surface area contributed by atoms with Crippen LogP contribution in [0.4, 0.5) is 10.1 Å². The molecule has 0 unspecified atom stereocenters. The van der Waals surface area contributed by atoms with Crippen molar-refractivity contribution in [2.75, 3.05) is 11.9 Å². The Bertz CT molecular complexity index is 301. The van der Waals surface area contributed by atoms with Crippen LogP contribution in [0, 0.1) is 5.82 Å². The molecule has 0 spiro atoms. The highest BCUT2D eigenvalue weighted by molar-refractivity contribution is 7.80. The van der Waals surface area contributed by atoms with Crippen LogP contribution in [0.1, 0.15) is 6.42 Å². The number of anilines is 1. The van der Waals surface area contributed by atoms with Crippen LogP contribution in [-0.4, -0.2) is 11.5 Å². The Labute approximate surface area is 81.9 Å². The fourth-order valence-corrected chi connectivity index (χ4v) is 1.03. The van der Waals surface area contributed by atoms with E-state index in [1.165, 1.54) is 6.07 Å². The third kappa shape index (κ3) is 3.38. The Morgan fingerprint density at radius 2 is 2.15 bits per heavy atom. The largest absolute Gasteiger partial charge is 0.393 e. The molecule has 0 fully saturated rings. The Balaban J connectivity index is 2.45. The molecule has 0 bridgehead atoms. The highest BCUT2D eigenvalue weighted by atomic mass is 32.1. The van der Waals surface area contributed by atoms with E-state index in [-0.39, 0.29) is 5.82 Å². The smallest absolute Gasteiger partial charge is 0.146 e. The summed E-state index contributed by atoms with van der Waals surface area (Å²) in [6.07, 6.45) is 0.573. The molecular weight excluding hydrogens is 187 g/mol. The van der Waals surface area contributed by atoms with Gasteiger partial charge in [0.15, 0.2) is 0 Å². The number of hydrogen-bond acceptors (Lipinski definition) is 2. The maximum Gasteiger partial charge on any atom is 0.146 e. The van der Waals surface area contributed by atoms with Gasteiger partial charge in [-0.2, -0.15) is 0 Å². The molecule has 0 aliphatic carbocycles. The lowest BCUT2D eigenvalue weighted by atomic mass is 10.3. The number of benzene rings is 1. The molecule has 0 aromatic heterocycles. The van der Waals surface area contributed by atoms with E-state index in [0.717, 1.165) is 0 Å². The molecule has 0 aliphatic rings. The van der Waals surface area contributed by atoms with Gasteiger partial charge in [-0.05, 0) is 12.1 Å². The minimum atomic E-state index is -0.259. The molecule has 0 saturated heterocycles. The van der Waals surface area contributed by atoms with Crippen molar-refractivity contribution in [2.24, 2.45) is 5.73 Å². The number of para-hydroxylation sites is 1. The summed E-state index contributed by atoms with van der Waals surface area (Å²) in [4.78, 5) is 0.434. The second kappa shape index (κ2) is 4.77. The molecule has 2 nitrogen and oxygen atoms in total. The van der Waals surface area contributed by atoms with E-state index in [1.54, 1.807) is 18.2 Å². The Morgan fingerprint density at radius 1 is 1.46 bits per heavy atom. The zero-order valence-corrected chi connectivity index (χ0v) is 7.90. The number of nitrogens with one attached hydrogen (secondary N) is 1. The maximum atomic E-state index is 13.0. The van der Waals surface area contributed by atoms with Gasteiger partial charge >= 0.3 is 0 Å². The lowest BCUT2D eigenvalue weighted by Crippen LogP contribution is -2.14. The third-order valence-electron chi connectivity index (χ3n) is 1.56. The van der Waals surface area contributed by atoms with Gasteiger partial charge < -0.3 is 11.1 Å². The summed E-state index contributed by atoms with van der Waals surface area (Å²) in [5, 5.41) is 2.90. The van der Waals surface area contributed by atoms with E-state index in [2.05, 4.69) is 17.5 Å². The molecule has 13 heavy (non-hydrogen) atoms. The van der Waals surface area contributed by atoms with Crippen LogP contribution in [0.5, 0.6) is 0 Å². The molecule has 3 N–H and O–H groups in total.